The molecule has 0 amide bonds. The van der Waals surface area contributed by atoms with Crippen molar-refractivity contribution in [1.82, 2.24) is 14.7 Å². The van der Waals surface area contributed by atoms with Gasteiger partial charge in [-0.3, -0.25) is 9.58 Å². The van der Waals surface area contributed by atoms with Gasteiger partial charge in [0, 0.05) is 51.0 Å². The summed E-state index contributed by atoms with van der Waals surface area (Å²) in [4.78, 5) is 2.59. The molecule has 1 atom stereocenters. The van der Waals surface area contributed by atoms with E-state index in [9.17, 15) is 0 Å². The maximum atomic E-state index is 5.37. The first-order valence-corrected chi connectivity index (χ1v) is 7.07. The van der Waals surface area contributed by atoms with Crippen molar-refractivity contribution in [3.8, 4) is 0 Å². The number of nitrogens with zero attached hydrogens (tertiary/aromatic N) is 3. The first-order chi connectivity index (χ1) is 8.80. The molecule has 0 aromatic carbocycles. The van der Waals surface area contributed by atoms with Gasteiger partial charge >= 0.3 is 0 Å². The first-order valence-electron chi connectivity index (χ1n) is 7.07. The highest BCUT2D eigenvalue weighted by Crippen LogP contribution is 2.33. The molecule has 0 N–H and O–H groups in total. The minimum Gasteiger partial charge on any atom is -0.384 e. The Morgan fingerprint density at radius 3 is 2.94 bits per heavy atom. The molecule has 0 unspecified atom stereocenters. The maximum absolute atomic E-state index is 5.37. The lowest BCUT2D eigenvalue weighted by atomic mass is 9.97. The summed E-state index contributed by atoms with van der Waals surface area (Å²) >= 11 is 0. The van der Waals surface area contributed by atoms with Crippen LogP contribution in [0.5, 0.6) is 0 Å². The Morgan fingerprint density at radius 1 is 1.44 bits per heavy atom. The third-order valence-electron chi connectivity index (χ3n) is 4.03. The van der Waals surface area contributed by atoms with Crippen LogP contribution >= 0.6 is 0 Å². The minimum absolute atomic E-state index is 0.449. The third-order valence-corrected chi connectivity index (χ3v) is 4.03. The van der Waals surface area contributed by atoms with E-state index < -0.39 is 0 Å². The summed E-state index contributed by atoms with van der Waals surface area (Å²) in [6.07, 6.45) is 5.07. The van der Waals surface area contributed by atoms with Crippen LogP contribution in [0.2, 0.25) is 0 Å². The number of aromatic nitrogens is 2. The van der Waals surface area contributed by atoms with Crippen LogP contribution in [0.1, 0.15) is 36.9 Å². The summed E-state index contributed by atoms with van der Waals surface area (Å²) in [6, 6.07) is 0. The second-order valence-electron chi connectivity index (χ2n) is 5.68. The van der Waals surface area contributed by atoms with Crippen molar-refractivity contribution in [3.05, 3.63) is 17.5 Å². The van der Waals surface area contributed by atoms with Crippen molar-refractivity contribution >= 4 is 0 Å². The Kier molecular flexibility index (Phi) is 3.39. The van der Waals surface area contributed by atoms with Crippen LogP contribution in [-0.2, 0) is 17.8 Å². The zero-order chi connectivity index (χ0) is 12.5. The lowest BCUT2D eigenvalue weighted by Crippen LogP contribution is -2.36. The largest absolute Gasteiger partial charge is 0.384 e. The van der Waals surface area contributed by atoms with E-state index >= 15 is 0 Å². The molecule has 1 saturated carbocycles. The fourth-order valence-electron chi connectivity index (χ4n) is 2.95. The van der Waals surface area contributed by atoms with E-state index in [1.807, 2.05) is 0 Å². The number of fused-ring (bicyclic) bond motifs is 1. The van der Waals surface area contributed by atoms with E-state index in [2.05, 4.69) is 22.7 Å². The minimum atomic E-state index is 0.449. The summed E-state index contributed by atoms with van der Waals surface area (Å²) in [7, 11) is 1.79. The second kappa shape index (κ2) is 5.02. The van der Waals surface area contributed by atoms with Gasteiger partial charge in [0.1, 0.15) is 0 Å². The average molecular weight is 249 g/mol. The van der Waals surface area contributed by atoms with Gasteiger partial charge in [-0.15, -0.1) is 0 Å². The van der Waals surface area contributed by atoms with Crippen molar-refractivity contribution < 1.29 is 4.74 Å². The number of aryl methyl sites for hydroxylation is 1. The second-order valence-corrected chi connectivity index (χ2v) is 5.68. The van der Waals surface area contributed by atoms with Gasteiger partial charge in [0.15, 0.2) is 0 Å². The summed E-state index contributed by atoms with van der Waals surface area (Å²) in [5.74, 6) is 1.40. The standard InChI is InChI=1S/C14H23N3O/c1-3-17-9-12-7-16(6-11-4-5-11)8-13(10-18-2)14(12)15-17/h9,11,13H,3-8,10H2,1-2H3/t13-/m0/s1. The van der Waals surface area contributed by atoms with E-state index in [4.69, 9.17) is 9.84 Å². The van der Waals surface area contributed by atoms with Gasteiger partial charge in [0.25, 0.3) is 0 Å². The van der Waals surface area contributed by atoms with Gasteiger partial charge in [-0.1, -0.05) is 0 Å². The van der Waals surface area contributed by atoms with E-state index in [0.29, 0.717) is 5.92 Å². The molecule has 0 saturated heterocycles. The van der Waals surface area contributed by atoms with Crippen molar-refractivity contribution in [1.29, 1.82) is 0 Å². The topological polar surface area (TPSA) is 30.3 Å². The summed E-state index contributed by atoms with van der Waals surface area (Å²) in [5.41, 5.74) is 2.68. The molecule has 0 radical (unpaired) electrons. The number of rotatable bonds is 5. The summed E-state index contributed by atoms with van der Waals surface area (Å²) in [5, 5.41) is 4.71. The summed E-state index contributed by atoms with van der Waals surface area (Å²) in [6.45, 7) is 7.33. The molecule has 0 spiro atoms. The molecule has 1 aromatic heterocycles. The third kappa shape index (κ3) is 2.45. The van der Waals surface area contributed by atoms with Crippen LogP contribution in [0, 0.1) is 5.92 Å². The molecule has 1 aliphatic carbocycles. The molecule has 0 bridgehead atoms. The maximum Gasteiger partial charge on any atom is 0.0736 e. The molecule has 1 aromatic rings. The van der Waals surface area contributed by atoms with Gasteiger partial charge in [-0.25, -0.2) is 0 Å². The predicted octanol–water partition coefficient (Wildman–Crippen LogP) is 1.86. The van der Waals surface area contributed by atoms with Crippen molar-refractivity contribution in [2.45, 2.75) is 38.8 Å². The highest BCUT2D eigenvalue weighted by Gasteiger charge is 2.32. The normalized spacial score (nSPS) is 24.2. The van der Waals surface area contributed by atoms with Crippen LogP contribution in [0.25, 0.3) is 0 Å². The lowest BCUT2D eigenvalue weighted by molar-refractivity contribution is 0.135. The number of hydrogen-bond donors (Lipinski definition) is 0. The lowest BCUT2D eigenvalue weighted by Gasteiger charge is -2.31. The van der Waals surface area contributed by atoms with Gasteiger partial charge < -0.3 is 4.74 Å². The highest BCUT2D eigenvalue weighted by molar-refractivity contribution is 5.24. The van der Waals surface area contributed by atoms with Crippen LogP contribution < -0.4 is 0 Å². The monoisotopic (exact) mass is 249 g/mol. The SMILES string of the molecule is CCn1cc2c(n1)[C@H](COC)CN(CC1CC1)C2. The zero-order valence-corrected chi connectivity index (χ0v) is 11.4. The molecular formula is C14H23N3O. The fraction of sp³-hybridized carbons (Fsp3) is 0.786. The molecule has 1 aliphatic heterocycles. The molecule has 100 valence electrons. The van der Waals surface area contributed by atoms with Crippen molar-refractivity contribution in [2.75, 3.05) is 26.8 Å². The molecule has 18 heavy (non-hydrogen) atoms. The number of methoxy groups -OCH3 is 1. The van der Waals surface area contributed by atoms with E-state index in [-0.39, 0.29) is 0 Å². The Hall–Kier alpha value is -0.870. The zero-order valence-electron chi connectivity index (χ0n) is 11.4. The molecule has 4 nitrogen and oxygen atoms in total. The van der Waals surface area contributed by atoms with Crippen LogP contribution in [-0.4, -0.2) is 41.5 Å². The van der Waals surface area contributed by atoms with Crippen LogP contribution in [0.15, 0.2) is 6.20 Å². The highest BCUT2D eigenvalue weighted by atomic mass is 16.5. The first kappa shape index (κ1) is 12.2. The van der Waals surface area contributed by atoms with E-state index in [1.54, 1.807) is 7.11 Å². The molecule has 3 rings (SSSR count). The van der Waals surface area contributed by atoms with Crippen molar-refractivity contribution in [3.63, 3.8) is 0 Å². The van der Waals surface area contributed by atoms with Crippen LogP contribution in [0.4, 0.5) is 0 Å². The average Bonchev–Trinajstić information content (AvgIpc) is 3.06. The molecule has 2 aliphatic rings. The Balaban J connectivity index is 1.78. The van der Waals surface area contributed by atoms with Gasteiger partial charge in [0.05, 0.1) is 12.3 Å². The fourth-order valence-corrected chi connectivity index (χ4v) is 2.95. The Bertz CT molecular complexity index is 411. The summed E-state index contributed by atoms with van der Waals surface area (Å²) < 4.78 is 7.44. The van der Waals surface area contributed by atoms with Gasteiger partial charge in [-0.05, 0) is 25.7 Å². The number of ether oxygens (including phenoxy) is 1. The molecule has 4 heteroatoms. The van der Waals surface area contributed by atoms with Gasteiger partial charge in [-0.2, -0.15) is 5.10 Å². The number of hydrogen-bond acceptors (Lipinski definition) is 3. The van der Waals surface area contributed by atoms with Gasteiger partial charge in [0.2, 0.25) is 0 Å². The van der Waals surface area contributed by atoms with E-state index in [1.165, 1.54) is 30.6 Å². The predicted molar refractivity (Wildman–Crippen MR) is 70.5 cm³/mol. The quantitative estimate of drug-likeness (QED) is 0.798. The Labute approximate surface area is 109 Å². The molecule has 2 heterocycles. The van der Waals surface area contributed by atoms with E-state index in [0.717, 1.165) is 32.2 Å². The van der Waals surface area contributed by atoms with Crippen molar-refractivity contribution in [2.24, 2.45) is 5.92 Å². The molecular weight excluding hydrogens is 226 g/mol. The Morgan fingerprint density at radius 2 is 2.28 bits per heavy atom. The molecule has 1 fully saturated rings. The van der Waals surface area contributed by atoms with Crippen LogP contribution in [0.3, 0.4) is 0 Å². The smallest absolute Gasteiger partial charge is 0.0736 e.